The predicted octanol–water partition coefficient (Wildman–Crippen LogP) is 4.30. The Hall–Kier alpha value is -0.860. The fourth-order valence-electron chi connectivity index (χ4n) is 4.65. The van der Waals surface area contributed by atoms with Crippen molar-refractivity contribution in [1.82, 2.24) is 0 Å². The maximum absolute atomic E-state index is 6.07. The zero-order valence-corrected chi connectivity index (χ0v) is 12.2. The molecule has 4 rings (SSSR count). The molecule has 1 nitrogen and oxygen atoms in total. The lowest BCUT2D eigenvalue weighted by Crippen LogP contribution is -2.27. The van der Waals surface area contributed by atoms with E-state index in [2.05, 4.69) is 30.5 Å². The highest BCUT2D eigenvalue weighted by molar-refractivity contribution is 7.17. The Labute approximate surface area is 118 Å². The van der Waals surface area contributed by atoms with Crippen molar-refractivity contribution in [1.29, 1.82) is 0 Å². The molecule has 2 saturated carbocycles. The molecule has 1 aromatic heterocycles. The number of aryl methyl sites for hydroxylation is 1. The van der Waals surface area contributed by atoms with Crippen LogP contribution in [0.1, 0.15) is 36.3 Å². The lowest BCUT2D eigenvalue weighted by molar-refractivity contribution is 0.295. The number of thiophene rings is 1. The first kappa shape index (κ1) is 11.9. The maximum Gasteiger partial charge on any atom is 0.0345 e. The van der Waals surface area contributed by atoms with Crippen LogP contribution in [-0.2, 0) is 0 Å². The van der Waals surface area contributed by atoms with Gasteiger partial charge in [0.25, 0.3) is 0 Å². The Morgan fingerprint density at radius 2 is 2.11 bits per heavy atom. The Bertz CT molecular complexity index is 615. The van der Waals surface area contributed by atoms with Crippen LogP contribution in [0.3, 0.4) is 0 Å². The highest BCUT2D eigenvalue weighted by Crippen LogP contribution is 2.56. The molecule has 2 fully saturated rings. The normalized spacial score (nSPS) is 33.4. The summed E-state index contributed by atoms with van der Waals surface area (Å²) in [6.45, 7) is 3.09. The summed E-state index contributed by atoms with van der Waals surface area (Å²) >= 11 is 1.86. The topological polar surface area (TPSA) is 26.0 Å². The van der Waals surface area contributed by atoms with Crippen LogP contribution in [0.15, 0.2) is 23.6 Å². The van der Waals surface area contributed by atoms with Crippen molar-refractivity contribution in [2.24, 2.45) is 23.5 Å². The SMILES string of the molecule is Cc1csc2ccc([C@H]3[C@H]4CC[C@H](C4)[C@H]3CN)cc12. The second kappa shape index (κ2) is 4.32. The molecule has 0 radical (unpaired) electrons. The first-order chi connectivity index (χ1) is 9.28. The Morgan fingerprint density at radius 3 is 2.95 bits per heavy atom. The van der Waals surface area contributed by atoms with E-state index in [1.165, 1.54) is 34.9 Å². The van der Waals surface area contributed by atoms with Gasteiger partial charge in [0.1, 0.15) is 0 Å². The summed E-state index contributed by atoms with van der Waals surface area (Å²) in [5, 5.41) is 3.73. The summed E-state index contributed by atoms with van der Waals surface area (Å²) in [5.41, 5.74) is 9.05. The molecule has 2 aliphatic rings. The van der Waals surface area contributed by atoms with Gasteiger partial charge in [-0.3, -0.25) is 0 Å². The molecule has 100 valence electrons. The Balaban J connectivity index is 1.79. The average Bonchev–Trinajstić information content (AvgIpc) is 3.12. The first-order valence-corrected chi connectivity index (χ1v) is 8.33. The fourth-order valence-corrected chi connectivity index (χ4v) is 5.57. The van der Waals surface area contributed by atoms with E-state index in [0.29, 0.717) is 0 Å². The molecular weight excluding hydrogens is 250 g/mol. The van der Waals surface area contributed by atoms with Crippen molar-refractivity contribution in [2.75, 3.05) is 6.54 Å². The molecule has 0 saturated heterocycles. The summed E-state index contributed by atoms with van der Waals surface area (Å²) in [6, 6.07) is 7.14. The molecule has 2 bridgehead atoms. The third kappa shape index (κ3) is 1.70. The van der Waals surface area contributed by atoms with Crippen molar-refractivity contribution in [3.05, 3.63) is 34.7 Å². The minimum absolute atomic E-state index is 0.729. The molecule has 2 N–H and O–H groups in total. The van der Waals surface area contributed by atoms with E-state index in [0.717, 1.165) is 30.2 Å². The summed E-state index contributed by atoms with van der Waals surface area (Å²) in [6.07, 6.45) is 4.27. The number of rotatable bonds is 2. The molecule has 0 aliphatic heterocycles. The molecule has 1 aromatic carbocycles. The monoisotopic (exact) mass is 271 g/mol. The second-order valence-corrected chi connectivity index (χ2v) is 7.34. The molecule has 2 heteroatoms. The van der Waals surface area contributed by atoms with E-state index >= 15 is 0 Å². The van der Waals surface area contributed by atoms with Gasteiger partial charge in [-0.25, -0.2) is 0 Å². The molecular formula is C17H21NS. The summed E-state index contributed by atoms with van der Waals surface area (Å²) in [5.74, 6) is 3.26. The van der Waals surface area contributed by atoms with Gasteiger partial charge in [0.05, 0.1) is 0 Å². The average molecular weight is 271 g/mol. The van der Waals surface area contributed by atoms with E-state index in [-0.39, 0.29) is 0 Å². The summed E-state index contributed by atoms with van der Waals surface area (Å²) < 4.78 is 1.42. The molecule has 2 aliphatic carbocycles. The highest BCUT2D eigenvalue weighted by Gasteiger charge is 2.47. The minimum Gasteiger partial charge on any atom is -0.330 e. The quantitative estimate of drug-likeness (QED) is 0.866. The van der Waals surface area contributed by atoms with Gasteiger partial charge in [-0.2, -0.15) is 0 Å². The van der Waals surface area contributed by atoms with Crippen molar-refractivity contribution >= 4 is 21.4 Å². The fraction of sp³-hybridized carbons (Fsp3) is 0.529. The van der Waals surface area contributed by atoms with Crippen LogP contribution in [0.5, 0.6) is 0 Å². The molecule has 19 heavy (non-hydrogen) atoms. The van der Waals surface area contributed by atoms with Gasteiger partial charge >= 0.3 is 0 Å². The molecule has 0 amide bonds. The molecule has 0 unspecified atom stereocenters. The number of nitrogens with two attached hydrogens (primary N) is 1. The van der Waals surface area contributed by atoms with Crippen LogP contribution in [0, 0.1) is 24.7 Å². The van der Waals surface area contributed by atoms with E-state index in [9.17, 15) is 0 Å². The van der Waals surface area contributed by atoms with Gasteiger partial charge in [0.15, 0.2) is 0 Å². The second-order valence-electron chi connectivity index (χ2n) is 6.43. The van der Waals surface area contributed by atoms with Gasteiger partial charge in [0.2, 0.25) is 0 Å². The van der Waals surface area contributed by atoms with Crippen molar-refractivity contribution in [3.8, 4) is 0 Å². The van der Waals surface area contributed by atoms with Gasteiger partial charge in [0, 0.05) is 4.70 Å². The van der Waals surface area contributed by atoms with Gasteiger partial charge in [-0.15, -0.1) is 11.3 Å². The Morgan fingerprint density at radius 1 is 1.26 bits per heavy atom. The van der Waals surface area contributed by atoms with E-state index < -0.39 is 0 Å². The predicted molar refractivity (Wildman–Crippen MR) is 82.7 cm³/mol. The Kier molecular flexibility index (Phi) is 2.71. The van der Waals surface area contributed by atoms with Crippen molar-refractivity contribution < 1.29 is 0 Å². The van der Waals surface area contributed by atoms with Crippen LogP contribution in [-0.4, -0.2) is 6.54 Å². The highest BCUT2D eigenvalue weighted by atomic mass is 32.1. The van der Waals surface area contributed by atoms with Gasteiger partial charge in [-0.05, 0) is 90.4 Å². The molecule has 4 atom stereocenters. The molecule has 0 spiro atoms. The van der Waals surface area contributed by atoms with Crippen molar-refractivity contribution in [3.63, 3.8) is 0 Å². The molecule has 1 heterocycles. The van der Waals surface area contributed by atoms with Crippen molar-refractivity contribution in [2.45, 2.75) is 32.1 Å². The summed E-state index contributed by atoms with van der Waals surface area (Å²) in [4.78, 5) is 0. The van der Waals surface area contributed by atoms with Gasteiger partial charge < -0.3 is 5.73 Å². The zero-order chi connectivity index (χ0) is 13.0. The minimum atomic E-state index is 0.729. The largest absolute Gasteiger partial charge is 0.330 e. The zero-order valence-electron chi connectivity index (χ0n) is 11.4. The number of hydrogen-bond acceptors (Lipinski definition) is 2. The lowest BCUT2D eigenvalue weighted by atomic mass is 9.75. The maximum atomic E-state index is 6.07. The third-order valence-electron chi connectivity index (χ3n) is 5.54. The van der Waals surface area contributed by atoms with Crippen LogP contribution in [0.2, 0.25) is 0 Å². The smallest absolute Gasteiger partial charge is 0.0345 e. The summed E-state index contributed by atoms with van der Waals surface area (Å²) in [7, 11) is 0. The third-order valence-corrected chi connectivity index (χ3v) is 6.62. The number of fused-ring (bicyclic) bond motifs is 3. The number of benzene rings is 1. The lowest BCUT2D eigenvalue weighted by Gasteiger charge is -2.30. The molecule has 2 aromatic rings. The van der Waals surface area contributed by atoms with Crippen LogP contribution in [0.25, 0.3) is 10.1 Å². The van der Waals surface area contributed by atoms with E-state index in [1.807, 2.05) is 11.3 Å². The first-order valence-electron chi connectivity index (χ1n) is 7.45. The van der Waals surface area contributed by atoms with Gasteiger partial charge in [-0.1, -0.05) is 6.07 Å². The van der Waals surface area contributed by atoms with Crippen LogP contribution >= 0.6 is 11.3 Å². The standard InChI is InChI=1S/C17H21NS/c1-10-9-19-16-5-4-13(7-14(10)16)17-12-3-2-11(6-12)15(17)8-18/h4-5,7,9,11-12,15,17H,2-3,6,8,18H2,1H3/t11-,12+,15-,17-/m1/s1. The van der Waals surface area contributed by atoms with E-state index in [1.54, 1.807) is 5.56 Å². The van der Waals surface area contributed by atoms with Crippen LogP contribution < -0.4 is 5.73 Å². The van der Waals surface area contributed by atoms with E-state index in [4.69, 9.17) is 5.73 Å². The van der Waals surface area contributed by atoms with Crippen LogP contribution in [0.4, 0.5) is 0 Å². The number of hydrogen-bond donors (Lipinski definition) is 1.